The lowest BCUT2D eigenvalue weighted by Gasteiger charge is -2.04. The molecule has 19 heavy (non-hydrogen) atoms. The predicted octanol–water partition coefficient (Wildman–Crippen LogP) is 2.38. The Labute approximate surface area is 111 Å². The molecule has 3 heterocycles. The van der Waals surface area contributed by atoms with Gasteiger partial charge in [-0.15, -0.1) is 11.3 Å². The first-order valence-electron chi connectivity index (χ1n) is 5.69. The van der Waals surface area contributed by atoms with E-state index < -0.39 is 0 Å². The van der Waals surface area contributed by atoms with Gasteiger partial charge in [0.1, 0.15) is 0 Å². The molecule has 94 valence electrons. The molecule has 0 unspecified atom stereocenters. The molecule has 3 aromatic rings. The second-order valence-corrected chi connectivity index (χ2v) is 5.07. The summed E-state index contributed by atoms with van der Waals surface area (Å²) in [4.78, 5) is 19.4. The second kappa shape index (κ2) is 3.83. The van der Waals surface area contributed by atoms with Gasteiger partial charge in [-0.2, -0.15) is 4.98 Å². The second-order valence-electron chi connectivity index (χ2n) is 4.12. The summed E-state index contributed by atoms with van der Waals surface area (Å²) in [7, 11) is 0. The minimum Gasteiger partial charge on any atom is -0.454 e. The number of ether oxygens (including phenoxy) is 2. The number of H-pyrrole nitrogens is 1. The number of fused-ring (bicyclic) bond motifs is 2. The molecular weight excluding hydrogens is 264 g/mol. The number of benzene rings is 1. The van der Waals surface area contributed by atoms with E-state index in [-0.39, 0.29) is 12.5 Å². The lowest BCUT2D eigenvalue weighted by molar-refractivity contribution is 0.174. The van der Waals surface area contributed by atoms with Crippen LogP contribution in [-0.2, 0) is 0 Å². The monoisotopic (exact) mass is 272 g/mol. The molecule has 5 nitrogen and oxygen atoms in total. The van der Waals surface area contributed by atoms with Crippen LogP contribution in [-0.4, -0.2) is 16.8 Å². The highest BCUT2D eigenvalue weighted by Gasteiger charge is 2.17. The summed E-state index contributed by atoms with van der Waals surface area (Å²) in [5.74, 6) is 1.32. The van der Waals surface area contributed by atoms with Crippen molar-refractivity contribution in [2.24, 2.45) is 0 Å². The topological polar surface area (TPSA) is 64.2 Å². The lowest BCUT2D eigenvalue weighted by atomic mass is 10.1. The van der Waals surface area contributed by atoms with Gasteiger partial charge in [0.2, 0.25) is 6.79 Å². The Morgan fingerprint density at radius 3 is 2.89 bits per heavy atom. The molecule has 1 N–H and O–H groups in total. The fraction of sp³-hybridized carbons (Fsp3) is 0.0769. The maximum absolute atomic E-state index is 11.7. The highest BCUT2D eigenvalue weighted by atomic mass is 32.1. The zero-order chi connectivity index (χ0) is 12.8. The van der Waals surface area contributed by atoms with Crippen LogP contribution in [0, 0.1) is 0 Å². The van der Waals surface area contributed by atoms with E-state index in [0.717, 1.165) is 10.3 Å². The molecule has 1 aliphatic rings. The van der Waals surface area contributed by atoms with Gasteiger partial charge in [-0.05, 0) is 17.5 Å². The van der Waals surface area contributed by atoms with Gasteiger partial charge in [0.25, 0.3) is 0 Å². The Hall–Kier alpha value is -2.34. The van der Waals surface area contributed by atoms with E-state index in [0.29, 0.717) is 22.7 Å². The van der Waals surface area contributed by atoms with Crippen molar-refractivity contribution in [3.8, 4) is 22.1 Å². The van der Waals surface area contributed by atoms with Gasteiger partial charge < -0.3 is 14.5 Å². The van der Waals surface area contributed by atoms with Gasteiger partial charge in [-0.25, -0.2) is 4.79 Å². The highest BCUT2D eigenvalue weighted by molar-refractivity contribution is 7.13. The first kappa shape index (κ1) is 10.6. The van der Waals surface area contributed by atoms with Gasteiger partial charge in [-0.1, -0.05) is 6.07 Å². The van der Waals surface area contributed by atoms with Crippen LogP contribution in [0.1, 0.15) is 0 Å². The molecule has 0 bridgehead atoms. The minimum absolute atomic E-state index is 0.206. The van der Waals surface area contributed by atoms with Gasteiger partial charge in [0, 0.05) is 11.5 Å². The Kier molecular flexibility index (Phi) is 2.13. The molecule has 0 saturated heterocycles. The van der Waals surface area contributed by atoms with Crippen LogP contribution in [0.4, 0.5) is 0 Å². The predicted molar refractivity (Wildman–Crippen MR) is 71.8 cm³/mol. The smallest absolute Gasteiger partial charge is 0.346 e. The Bertz CT molecular complexity index is 824. The maximum Gasteiger partial charge on any atom is 0.346 e. The highest BCUT2D eigenvalue weighted by Crippen LogP contribution is 2.38. The van der Waals surface area contributed by atoms with Crippen LogP contribution in [0.5, 0.6) is 11.5 Å². The van der Waals surface area contributed by atoms with Crippen LogP contribution < -0.4 is 15.2 Å². The van der Waals surface area contributed by atoms with E-state index in [9.17, 15) is 4.79 Å². The summed E-state index contributed by atoms with van der Waals surface area (Å²) in [6.07, 6.45) is 0. The fourth-order valence-electron chi connectivity index (χ4n) is 2.15. The number of nitrogens with one attached hydrogen (secondary N) is 1. The number of nitrogens with zero attached hydrogens (tertiary/aromatic N) is 1. The molecule has 1 aromatic carbocycles. The molecule has 6 heteroatoms. The summed E-state index contributed by atoms with van der Waals surface area (Å²) in [6.45, 7) is 0.206. The quantitative estimate of drug-likeness (QED) is 0.738. The SMILES string of the molecule is O=c1nc(-c2cccs2)c2cc3c(cc2[nH]1)OCO3. The summed E-state index contributed by atoms with van der Waals surface area (Å²) in [6, 6.07) is 7.51. The van der Waals surface area contributed by atoms with Crippen LogP contribution in [0.15, 0.2) is 34.4 Å². The zero-order valence-electron chi connectivity index (χ0n) is 9.67. The zero-order valence-corrected chi connectivity index (χ0v) is 10.5. The van der Waals surface area contributed by atoms with Crippen molar-refractivity contribution in [2.75, 3.05) is 6.79 Å². The lowest BCUT2D eigenvalue weighted by Crippen LogP contribution is -2.10. The van der Waals surface area contributed by atoms with Gasteiger partial charge in [-0.3, -0.25) is 0 Å². The number of aromatic nitrogens is 2. The molecule has 0 radical (unpaired) electrons. The van der Waals surface area contributed by atoms with Crippen molar-refractivity contribution >= 4 is 22.2 Å². The van der Waals surface area contributed by atoms with Crippen LogP contribution >= 0.6 is 11.3 Å². The average Bonchev–Trinajstić information content (AvgIpc) is 3.06. The summed E-state index contributed by atoms with van der Waals surface area (Å²) in [5.41, 5.74) is 1.01. The summed E-state index contributed by atoms with van der Waals surface area (Å²) in [5, 5.41) is 2.81. The summed E-state index contributed by atoms with van der Waals surface area (Å²) >= 11 is 1.55. The normalized spacial score (nSPS) is 13.1. The largest absolute Gasteiger partial charge is 0.454 e. The van der Waals surface area contributed by atoms with Gasteiger partial charge in [0.15, 0.2) is 11.5 Å². The van der Waals surface area contributed by atoms with E-state index in [1.807, 2.05) is 23.6 Å². The molecule has 1 aliphatic heterocycles. The van der Waals surface area contributed by atoms with Crippen molar-refractivity contribution in [1.29, 1.82) is 0 Å². The van der Waals surface area contributed by atoms with E-state index in [4.69, 9.17) is 9.47 Å². The van der Waals surface area contributed by atoms with Crippen molar-refractivity contribution in [3.63, 3.8) is 0 Å². The first-order chi connectivity index (χ1) is 9.31. The Morgan fingerprint density at radius 1 is 1.26 bits per heavy atom. The number of hydrogen-bond acceptors (Lipinski definition) is 5. The fourth-order valence-corrected chi connectivity index (χ4v) is 2.88. The third-order valence-corrected chi connectivity index (χ3v) is 3.85. The van der Waals surface area contributed by atoms with Crippen LogP contribution in [0.25, 0.3) is 21.5 Å². The molecule has 4 rings (SSSR count). The number of aromatic amines is 1. The van der Waals surface area contributed by atoms with Crippen molar-refractivity contribution in [1.82, 2.24) is 9.97 Å². The third kappa shape index (κ3) is 1.61. The number of rotatable bonds is 1. The molecule has 0 aliphatic carbocycles. The van der Waals surface area contributed by atoms with Crippen molar-refractivity contribution in [2.45, 2.75) is 0 Å². The molecule has 0 atom stereocenters. The van der Waals surface area contributed by atoms with E-state index in [1.54, 1.807) is 17.4 Å². The maximum atomic E-state index is 11.7. The molecule has 0 amide bonds. The standard InChI is InChI=1S/C13H8N2O3S/c16-13-14-8-5-10-9(17-6-18-10)4-7(8)12(15-13)11-2-1-3-19-11/h1-5H,6H2,(H,14,15,16). The number of thiophene rings is 1. The average molecular weight is 272 g/mol. The van der Waals surface area contributed by atoms with E-state index >= 15 is 0 Å². The van der Waals surface area contributed by atoms with Crippen molar-refractivity contribution < 1.29 is 9.47 Å². The van der Waals surface area contributed by atoms with E-state index in [2.05, 4.69) is 9.97 Å². The van der Waals surface area contributed by atoms with Gasteiger partial charge in [0.05, 0.1) is 16.1 Å². The molecule has 0 spiro atoms. The Balaban J connectivity index is 2.10. The molecule has 0 saturated carbocycles. The molecular formula is C13H8N2O3S. The first-order valence-corrected chi connectivity index (χ1v) is 6.57. The molecule has 0 fully saturated rings. The Morgan fingerprint density at radius 2 is 2.11 bits per heavy atom. The van der Waals surface area contributed by atoms with Crippen LogP contribution in [0.3, 0.4) is 0 Å². The van der Waals surface area contributed by atoms with Crippen LogP contribution in [0.2, 0.25) is 0 Å². The van der Waals surface area contributed by atoms with Crippen molar-refractivity contribution in [3.05, 3.63) is 40.1 Å². The number of hydrogen-bond donors (Lipinski definition) is 1. The third-order valence-electron chi connectivity index (χ3n) is 2.98. The van der Waals surface area contributed by atoms with E-state index in [1.165, 1.54) is 0 Å². The molecule has 2 aromatic heterocycles. The van der Waals surface area contributed by atoms with Gasteiger partial charge >= 0.3 is 5.69 Å². The summed E-state index contributed by atoms with van der Waals surface area (Å²) < 4.78 is 10.7. The minimum atomic E-state index is -0.366.